The summed E-state index contributed by atoms with van der Waals surface area (Å²) in [6, 6.07) is 2.31. The van der Waals surface area contributed by atoms with Crippen molar-refractivity contribution in [1.29, 1.82) is 0 Å². The highest BCUT2D eigenvalue weighted by atomic mass is 19.4. The quantitative estimate of drug-likeness (QED) is 0.868. The van der Waals surface area contributed by atoms with Crippen molar-refractivity contribution in [3.63, 3.8) is 0 Å². The van der Waals surface area contributed by atoms with Crippen molar-refractivity contribution in [2.75, 3.05) is 32.7 Å². The highest BCUT2D eigenvalue weighted by molar-refractivity contribution is 5.95. The number of rotatable bonds is 5. The van der Waals surface area contributed by atoms with Crippen LogP contribution in [0.2, 0.25) is 0 Å². The highest BCUT2D eigenvalue weighted by Gasteiger charge is 2.35. The zero-order chi connectivity index (χ0) is 18.6. The number of alkyl halides is 3. The van der Waals surface area contributed by atoms with E-state index in [0.29, 0.717) is 0 Å². The van der Waals surface area contributed by atoms with Crippen molar-refractivity contribution in [2.45, 2.75) is 26.1 Å². The average Bonchev–Trinajstić information content (AvgIpc) is 3.05. The summed E-state index contributed by atoms with van der Waals surface area (Å²) >= 11 is 0. The second-order valence-electron chi connectivity index (χ2n) is 6.39. The van der Waals surface area contributed by atoms with E-state index in [4.69, 9.17) is 4.42 Å². The summed E-state index contributed by atoms with van der Waals surface area (Å²) in [6.07, 6.45) is -2.88. The number of carbonyl (C=O) groups is 2. The predicted octanol–water partition coefficient (Wildman–Crippen LogP) is 1.74. The molecular weight excluding hydrogens is 339 g/mol. The van der Waals surface area contributed by atoms with Gasteiger partial charge in [-0.25, -0.2) is 0 Å². The van der Waals surface area contributed by atoms with Crippen LogP contribution in [0.3, 0.4) is 0 Å². The molecule has 2 heterocycles. The van der Waals surface area contributed by atoms with Gasteiger partial charge >= 0.3 is 6.18 Å². The Morgan fingerprint density at radius 2 is 1.88 bits per heavy atom. The molecule has 1 aromatic heterocycles. The van der Waals surface area contributed by atoms with Gasteiger partial charge in [-0.05, 0) is 18.1 Å². The maximum atomic E-state index is 12.7. The molecule has 2 amide bonds. The summed E-state index contributed by atoms with van der Waals surface area (Å²) in [5.74, 6) is -0.845. The van der Waals surface area contributed by atoms with Crippen LogP contribution in [0.15, 0.2) is 22.8 Å². The first-order valence-corrected chi connectivity index (χ1v) is 8.09. The summed E-state index contributed by atoms with van der Waals surface area (Å²) in [4.78, 5) is 27.6. The molecule has 1 aliphatic heterocycles. The number of piperazine rings is 1. The van der Waals surface area contributed by atoms with Crippen molar-refractivity contribution < 1.29 is 27.2 Å². The fraction of sp³-hybridized carbons (Fsp3) is 0.625. The van der Waals surface area contributed by atoms with E-state index in [-0.39, 0.29) is 43.8 Å². The smallest absolute Gasteiger partial charge is 0.401 e. The second kappa shape index (κ2) is 7.90. The van der Waals surface area contributed by atoms with E-state index in [1.54, 1.807) is 19.9 Å². The van der Waals surface area contributed by atoms with Crippen LogP contribution in [-0.2, 0) is 4.79 Å². The molecule has 0 saturated carbocycles. The Bertz CT molecular complexity index is 579. The standard InChI is InChI=1S/C16H22F3N3O3/c1-11(2)13(20-14(23)12-4-3-9-25-12)15(24)22-7-5-21(6-8-22)10-16(17,18)19/h3-4,9,11,13H,5-8,10H2,1-2H3,(H,20,23). The zero-order valence-electron chi connectivity index (χ0n) is 14.2. The number of hydrogen-bond acceptors (Lipinski definition) is 4. The van der Waals surface area contributed by atoms with E-state index >= 15 is 0 Å². The van der Waals surface area contributed by atoms with Crippen molar-refractivity contribution in [3.8, 4) is 0 Å². The molecular formula is C16H22F3N3O3. The van der Waals surface area contributed by atoms with Gasteiger partial charge in [-0.2, -0.15) is 13.2 Å². The highest BCUT2D eigenvalue weighted by Crippen LogP contribution is 2.18. The molecule has 1 saturated heterocycles. The lowest BCUT2D eigenvalue weighted by Gasteiger charge is -2.37. The first kappa shape index (κ1) is 19.3. The zero-order valence-corrected chi connectivity index (χ0v) is 14.2. The third kappa shape index (κ3) is 5.48. The molecule has 0 aliphatic carbocycles. The molecule has 1 aliphatic rings. The number of carbonyl (C=O) groups excluding carboxylic acids is 2. The van der Waals surface area contributed by atoms with Crippen LogP contribution in [0, 0.1) is 5.92 Å². The number of nitrogens with one attached hydrogen (secondary N) is 1. The Hall–Kier alpha value is -2.03. The van der Waals surface area contributed by atoms with Gasteiger partial charge in [0.2, 0.25) is 5.91 Å². The van der Waals surface area contributed by atoms with Gasteiger partial charge in [0, 0.05) is 26.2 Å². The number of nitrogens with zero attached hydrogens (tertiary/aromatic N) is 2. The van der Waals surface area contributed by atoms with E-state index in [0.717, 1.165) is 0 Å². The van der Waals surface area contributed by atoms with E-state index < -0.39 is 24.7 Å². The number of amides is 2. The maximum Gasteiger partial charge on any atom is 0.401 e. The molecule has 0 bridgehead atoms. The van der Waals surface area contributed by atoms with Gasteiger partial charge in [0.15, 0.2) is 5.76 Å². The Morgan fingerprint density at radius 1 is 1.24 bits per heavy atom. The van der Waals surface area contributed by atoms with Crippen LogP contribution in [-0.4, -0.2) is 66.6 Å². The molecule has 0 radical (unpaired) electrons. The SMILES string of the molecule is CC(C)C(NC(=O)c1ccco1)C(=O)N1CCN(CC(F)(F)F)CC1. The molecule has 140 valence electrons. The lowest BCUT2D eigenvalue weighted by Crippen LogP contribution is -2.57. The summed E-state index contributed by atoms with van der Waals surface area (Å²) in [7, 11) is 0. The van der Waals surface area contributed by atoms with E-state index in [2.05, 4.69) is 5.32 Å². The molecule has 0 aromatic carbocycles. The van der Waals surface area contributed by atoms with Crippen molar-refractivity contribution >= 4 is 11.8 Å². The normalized spacial score (nSPS) is 17.6. The minimum atomic E-state index is -4.25. The first-order chi connectivity index (χ1) is 11.7. The van der Waals surface area contributed by atoms with Crippen molar-refractivity contribution in [1.82, 2.24) is 15.1 Å². The molecule has 0 spiro atoms. The number of furan rings is 1. The summed E-state index contributed by atoms with van der Waals surface area (Å²) < 4.78 is 42.3. The molecule has 2 rings (SSSR count). The average molecular weight is 361 g/mol. The van der Waals surface area contributed by atoms with Crippen molar-refractivity contribution in [2.24, 2.45) is 5.92 Å². The van der Waals surface area contributed by atoms with Gasteiger partial charge in [0.05, 0.1) is 12.8 Å². The van der Waals surface area contributed by atoms with Crippen LogP contribution >= 0.6 is 0 Å². The number of halogens is 3. The summed E-state index contributed by atoms with van der Waals surface area (Å²) in [5, 5.41) is 2.65. The Labute approximate surface area is 143 Å². The molecule has 1 unspecified atom stereocenters. The fourth-order valence-electron chi connectivity index (χ4n) is 2.71. The van der Waals surface area contributed by atoms with E-state index in [9.17, 15) is 22.8 Å². The van der Waals surface area contributed by atoms with Crippen LogP contribution in [0.25, 0.3) is 0 Å². The molecule has 6 nitrogen and oxygen atoms in total. The Balaban J connectivity index is 1.93. The van der Waals surface area contributed by atoms with Gasteiger partial charge in [0.25, 0.3) is 5.91 Å². The molecule has 1 aromatic rings. The first-order valence-electron chi connectivity index (χ1n) is 8.09. The lowest BCUT2D eigenvalue weighted by atomic mass is 10.0. The van der Waals surface area contributed by atoms with Gasteiger partial charge in [0.1, 0.15) is 6.04 Å². The van der Waals surface area contributed by atoms with Crippen LogP contribution in [0.1, 0.15) is 24.4 Å². The fourth-order valence-corrected chi connectivity index (χ4v) is 2.71. The summed E-state index contributed by atoms with van der Waals surface area (Å²) in [5.41, 5.74) is 0. The lowest BCUT2D eigenvalue weighted by molar-refractivity contribution is -0.152. The second-order valence-corrected chi connectivity index (χ2v) is 6.39. The molecule has 1 atom stereocenters. The van der Waals surface area contributed by atoms with E-state index in [1.165, 1.54) is 22.1 Å². The molecule has 1 N–H and O–H groups in total. The van der Waals surface area contributed by atoms with Crippen molar-refractivity contribution in [3.05, 3.63) is 24.2 Å². The maximum absolute atomic E-state index is 12.7. The van der Waals surface area contributed by atoms with Gasteiger partial charge in [-0.3, -0.25) is 14.5 Å². The minimum absolute atomic E-state index is 0.105. The third-order valence-corrected chi connectivity index (χ3v) is 4.05. The molecule has 25 heavy (non-hydrogen) atoms. The summed E-state index contributed by atoms with van der Waals surface area (Å²) in [6.45, 7) is 3.33. The van der Waals surface area contributed by atoms with Gasteiger partial charge in [-0.15, -0.1) is 0 Å². The molecule has 1 fully saturated rings. The largest absolute Gasteiger partial charge is 0.459 e. The monoisotopic (exact) mass is 361 g/mol. The Kier molecular flexibility index (Phi) is 6.10. The van der Waals surface area contributed by atoms with Crippen LogP contribution < -0.4 is 5.32 Å². The topological polar surface area (TPSA) is 65.8 Å². The molecule has 9 heteroatoms. The predicted molar refractivity (Wildman–Crippen MR) is 83.9 cm³/mol. The third-order valence-electron chi connectivity index (χ3n) is 4.05. The van der Waals surface area contributed by atoms with Crippen LogP contribution in [0.5, 0.6) is 0 Å². The number of hydrogen-bond donors (Lipinski definition) is 1. The Morgan fingerprint density at radius 3 is 2.36 bits per heavy atom. The van der Waals surface area contributed by atoms with Crippen LogP contribution in [0.4, 0.5) is 13.2 Å². The van der Waals surface area contributed by atoms with Gasteiger partial charge in [-0.1, -0.05) is 13.8 Å². The van der Waals surface area contributed by atoms with E-state index in [1.807, 2.05) is 0 Å². The minimum Gasteiger partial charge on any atom is -0.459 e. The van der Waals surface area contributed by atoms with Gasteiger partial charge < -0.3 is 14.6 Å².